The highest BCUT2D eigenvalue weighted by molar-refractivity contribution is 5.45. The molecule has 0 N–H and O–H groups in total. The molecule has 0 saturated carbocycles. The fraction of sp³-hybridized carbons (Fsp3) is 0.111. The fourth-order valence-corrected chi connectivity index (χ4v) is 0.830. The molecule has 1 aromatic carbocycles. The summed E-state index contributed by atoms with van der Waals surface area (Å²) in [5.41, 5.74) is 0.438. The third-order valence-corrected chi connectivity index (χ3v) is 1.33. The summed E-state index contributed by atoms with van der Waals surface area (Å²) in [5, 5.41) is 0. The average Bonchev–Trinajstić information content (AvgIpc) is 2.04. The lowest BCUT2D eigenvalue weighted by atomic mass is 10.2. The molecule has 56 valence electrons. The van der Waals surface area contributed by atoms with E-state index in [-0.39, 0.29) is 5.75 Å². The lowest BCUT2D eigenvalue weighted by Crippen LogP contribution is -1.90. The van der Waals surface area contributed by atoms with Gasteiger partial charge in [0.1, 0.15) is 0 Å². The minimum atomic E-state index is -0.428. The van der Waals surface area contributed by atoms with Crippen LogP contribution in [-0.2, 0) is 0 Å². The van der Waals surface area contributed by atoms with E-state index < -0.39 is 5.82 Å². The van der Waals surface area contributed by atoms with Gasteiger partial charge < -0.3 is 4.74 Å². The van der Waals surface area contributed by atoms with Crippen LogP contribution in [0.3, 0.4) is 0 Å². The lowest BCUT2D eigenvalue weighted by molar-refractivity contribution is 0.385. The lowest BCUT2D eigenvalue weighted by Gasteiger charge is -2.02. The van der Waals surface area contributed by atoms with Gasteiger partial charge in [-0.25, -0.2) is 4.39 Å². The zero-order valence-electron chi connectivity index (χ0n) is 6.10. The normalized spacial score (nSPS) is 8.82. The van der Waals surface area contributed by atoms with Crippen molar-refractivity contribution in [2.24, 2.45) is 0 Å². The van der Waals surface area contributed by atoms with E-state index in [1.807, 2.05) is 0 Å². The molecule has 0 unspecified atom stereocenters. The largest absolute Gasteiger partial charge is 0.492 e. The molecule has 0 amide bonds. The first-order valence-electron chi connectivity index (χ1n) is 3.08. The smallest absolute Gasteiger partial charge is 0.170 e. The van der Waals surface area contributed by atoms with Crippen molar-refractivity contribution in [2.75, 3.05) is 7.11 Å². The number of hydrogen-bond acceptors (Lipinski definition) is 1. The molecule has 2 heteroatoms. The van der Waals surface area contributed by atoms with Gasteiger partial charge in [-0.15, -0.1) is 6.42 Å². The van der Waals surface area contributed by atoms with Gasteiger partial charge >= 0.3 is 0 Å². The Morgan fingerprint density at radius 3 is 2.73 bits per heavy atom. The van der Waals surface area contributed by atoms with Gasteiger partial charge in [-0.05, 0) is 12.1 Å². The Balaban J connectivity index is 3.27. The number of hydrogen-bond donors (Lipinski definition) is 0. The van der Waals surface area contributed by atoms with Gasteiger partial charge in [0.2, 0.25) is 0 Å². The van der Waals surface area contributed by atoms with Gasteiger partial charge in [-0.2, -0.15) is 0 Å². The number of halogens is 1. The van der Waals surface area contributed by atoms with Crippen molar-refractivity contribution in [3.05, 3.63) is 29.6 Å². The first-order chi connectivity index (χ1) is 5.29. The molecular formula is C9H7FO. The molecule has 0 aliphatic carbocycles. The van der Waals surface area contributed by atoms with Gasteiger partial charge in [0, 0.05) is 0 Å². The van der Waals surface area contributed by atoms with Gasteiger partial charge in [0.15, 0.2) is 11.6 Å². The maximum absolute atomic E-state index is 12.8. The van der Waals surface area contributed by atoms with E-state index in [2.05, 4.69) is 5.92 Å². The van der Waals surface area contributed by atoms with Gasteiger partial charge in [0.25, 0.3) is 0 Å². The Morgan fingerprint density at radius 2 is 2.27 bits per heavy atom. The van der Waals surface area contributed by atoms with Gasteiger partial charge in [0.05, 0.1) is 12.7 Å². The third-order valence-electron chi connectivity index (χ3n) is 1.33. The Kier molecular flexibility index (Phi) is 2.12. The van der Waals surface area contributed by atoms with E-state index in [9.17, 15) is 4.39 Å². The first-order valence-corrected chi connectivity index (χ1v) is 3.08. The summed E-state index contributed by atoms with van der Waals surface area (Å²) in [6.45, 7) is 0. The third kappa shape index (κ3) is 1.32. The predicted molar refractivity (Wildman–Crippen MR) is 40.9 cm³/mol. The van der Waals surface area contributed by atoms with Crippen LogP contribution in [0.5, 0.6) is 5.75 Å². The molecule has 0 aliphatic rings. The summed E-state index contributed by atoms with van der Waals surface area (Å²) in [7, 11) is 1.39. The zero-order valence-corrected chi connectivity index (χ0v) is 6.10. The van der Waals surface area contributed by atoms with Crippen molar-refractivity contribution >= 4 is 0 Å². The van der Waals surface area contributed by atoms with Crippen molar-refractivity contribution in [3.8, 4) is 18.1 Å². The average molecular weight is 150 g/mol. The summed E-state index contributed by atoms with van der Waals surface area (Å²) in [6, 6.07) is 4.48. The Bertz CT molecular complexity index is 299. The molecule has 0 radical (unpaired) electrons. The van der Waals surface area contributed by atoms with E-state index in [1.54, 1.807) is 12.1 Å². The Labute approximate surface area is 64.8 Å². The highest BCUT2D eigenvalue weighted by Gasteiger charge is 2.04. The number of ether oxygens (including phenoxy) is 1. The number of methoxy groups -OCH3 is 1. The maximum atomic E-state index is 12.8. The van der Waals surface area contributed by atoms with E-state index in [1.165, 1.54) is 13.2 Å². The van der Waals surface area contributed by atoms with Crippen molar-refractivity contribution in [3.63, 3.8) is 0 Å². The molecule has 1 rings (SSSR count). The van der Waals surface area contributed by atoms with Crippen LogP contribution in [0.4, 0.5) is 4.39 Å². The molecule has 0 heterocycles. The topological polar surface area (TPSA) is 9.23 Å². The molecule has 0 aliphatic heterocycles. The summed E-state index contributed by atoms with van der Waals surface area (Å²) < 4.78 is 17.6. The van der Waals surface area contributed by atoms with E-state index >= 15 is 0 Å². The quantitative estimate of drug-likeness (QED) is 0.555. The molecule has 11 heavy (non-hydrogen) atoms. The standard InChI is InChI=1S/C9H7FO/c1-3-7-5-4-6-8(10)9(7)11-2/h1,4-6H,2H3. The number of rotatable bonds is 1. The number of benzene rings is 1. The second kappa shape index (κ2) is 3.07. The van der Waals surface area contributed by atoms with E-state index in [0.717, 1.165) is 0 Å². The van der Waals surface area contributed by atoms with Crippen molar-refractivity contribution in [1.29, 1.82) is 0 Å². The highest BCUT2D eigenvalue weighted by Crippen LogP contribution is 2.20. The zero-order chi connectivity index (χ0) is 8.27. The monoisotopic (exact) mass is 150 g/mol. The molecule has 0 spiro atoms. The van der Waals surface area contributed by atoms with Crippen molar-refractivity contribution in [2.45, 2.75) is 0 Å². The van der Waals surface area contributed by atoms with Crippen LogP contribution in [0.15, 0.2) is 18.2 Å². The number of terminal acetylenes is 1. The molecule has 0 saturated heterocycles. The Hall–Kier alpha value is -1.49. The summed E-state index contributed by atoms with van der Waals surface area (Å²) in [6.07, 6.45) is 5.10. The first kappa shape index (κ1) is 7.62. The fourth-order valence-electron chi connectivity index (χ4n) is 0.830. The summed E-state index contributed by atoms with van der Waals surface area (Å²) in [4.78, 5) is 0. The van der Waals surface area contributed by atoms with Crippen molar-refractivity contribution < 1.29 is 9.13 Å². The second-order valence-corrected chi connectivity index (χ2v) is 1.96. The number of para-hydroxylation sites is 1. The minimum absolute atomic E-state index is 0.134. The van der Waals surface area contributed by atoms with Crippen LogP contribution in [0, 0.1) is 18.2 Å². The minimum Gasteiger partial charge on any atom is -0.492 e. The Morgan fingerprint density at radius 1 is 1.55 bits per heavy atom. The molecule has 0 bridgehead atoms. The predicted octanol–water partition coefficient (Wildman–Crippen LogP) is 1.82. The molecule has 0 aromatic heterocycles. The molecule has 0 atom stereocenters. The summed E-state index contributed by atoms with van der Waals surface area (Å²) in [5.74, 6) is 2.03. The SMILES string of the molecule is C#Cc1cccc(F)c1OC. The van der Waals surface area contributed by atoms with Gasteiger partial charge in [-0.1, -0.05) is 12.0 Å². The summed E-state index contributed by atoms with van der Waals surface area (Å²) >= 11 is 0. The van der Waals surface area contributed by atoms with Crippen LogP contribution in [0.1, 0.15) is 5.56 Å². The van der Waals surface area contributed by atoms with Crippen LogP contribution in [0.2, 0.25) is 0 Å². The maximum Gasteiger partial charge on any atom is 0.170 e. The molecular weight excluding hydrogens is 143 g/mol. The van der Waals surface area contributed by atoms with Crippen LogP contribution < -0.4 is 4.74 Å². The molecule has 1 nitrogen and oxygen atoms in total. The van der Waals surface area contributed by atoms with E-state index in [0.29, 0.717) is 5.56 Å². The van der Waals surface area contributed by atoms with Crippen LogP contribution in [0.25, 0.3) is 0 Å². The van der Waals surface area contributed by atoms with Gasteiger partial charge in [-0.3, -0.25) is 0 Å². The highest BCUT2D eigenvalue weighted by atomic mass is 19.1. The second-order valence-electron chi connectivity index (χ2n) is 1.96. The van der Waals surface area contributed by atoms with E-state index in [4.69, 9.17) is 11.2 Å². The molecule has 0 fully saturated rings. The van der Waals surface area contributed by atoms with Crippen LogP contribution >= 0.6 is 0 Å². The van der Waals surface area contributed by atoms with Crippen molar-refractivity contribution in [1.82, 2.24) is 0 Å². The van der Waals surface area contributed by atoms with Crippen LogP contribution in [-0.4, -0.2) is 7.11 Å². The molecule has 1 aromatic rings.